The van der Waals surface area contributed by atoms with E-state index in [0.717, 1.165) is 20.9 Å². The highest BCUT2D eigenvalue weighted by atomic mass is 79.9. The number of hydrogen-bond donors (Lipinski definition) is 1. The van der Waals surface area contributed by atoms with Gasteiger partial charge in [-0.05, 0) is 30.2 Å². The summed E-state index contributed by atoms with van der Waals surface area (Å²) in [6, 6.07) is 6.31. The summed E-state index contributed by atoms with van der Waals surface area (Å²) in [5.41, 5.74) is 3.35. The average molecular weight is 249 g/mol. The van der Waals surface area contributed by atoms with E-state index >= 15 is 0 Å². The van der Waals surface area contributed by atoms with Crippen LogP contribution in [-0.2, 0) is 6.42 Å². The highest BCUT2D eigenvalue weighted by Gasteiger charge is 2.05. The zero-order valence-corrected chi connectivity index (χ0v) is 9.35. The molecular weight excluding hydrogens is 240 g/mol. The molecule has 0 atom stereocenters. The molecule has 0 spiro atoms. The van der Waals surface area contributed by atoms with Crippen LogP contribution in [-0.4, -0.2) is 4.98 Å². The van der Waals surface area contributed by atoms with Gasteiger partial charge in [0.05, 0.1) is 12.5 Å². The monoisotopic (exact) mass is 248 g/mol. The molecule has 0 amide bonds. The van der Waals surface area contributed by atoms with Crippen molar-refractivity contribution in [3.05, 3.63) is 33.9 Å². The summed E-state index contributed by atoms with van der Waals surface area (Å²) < 4.78 is 1.09. The second-order valence-electron chi connectivity index (χ2n) is 3.30. The molecule has 0 saturated heterocycles. The number of aryl methyl sites for hydroxylation is 1. The molecule has 2 rings (SSSR count). The number of benzene rings is 1. The minimum atomic E-state index is 0.454. The zero-order chi connectivity index (χ0) is 10.1. The molecule has 0 unspecified atom stereocenters. The third kappa shape index (κ3) is 1.42. The van der Waals surface area contributed by atoms with Gasteiger partial charge in [-0.15, -0.1) is 0 Å². The van der Waals surface area contributed by atoms with Gasteiger partial charge >= 0.3 is 0 Å². The Morgan fingerprint density at radius 2 is 2.29 bits per heavy atom. The Kier molecular flexibility index (Phi) is 2.30. The fraction of sp³-hybridized carbons (Fsp3) is 0.182. The van der Waals surface area contributed by atoms with Gasteiger partial charge in [0, 0.05) is 21.6 Å². The number of H-pyrrole nitrogens is 1. The number of fused-ring (bicyclic) bond motifs is 1. The molecule has 14 heavy (non-hydrogen) atoms. The number of halogens is 1. The molecule has 0 bridgehead atoms. The van der Waals surface area contributed by atoms with Crippen molar-refractivity contribution < 1.29 is 0 Å². The first-order valence-corrected chi connectivity index (χ1v) is 5.14. The van der Waals surface area contributed by atoms with E-state index < -0.39 is 0 Å². The Morgan fingerprint density at radius 1 is 1.50 bits per heavy atom. The summed E-state index contributed by atoms with van der Waals surface area (Å²) in [5.74, 6) is 0. The van der Waals surface area contributed by atoms with Gasteiger partial charge in [-0.25, -0.2) is 0 Å². The number of nitrogens with zero attached hydrogens (tertiary/aromatic N) is 1. The zero-order valence-electron chi connectivity index (χ0n) is 7.76. The predicted octanol–water partition coefficient (Wildman–Crippen LogP) is 3.30. The Labute approximate surface area is 90.7 Å². The van der Waals surface area contributed by atoms with Crippen molar-refractivity contribution in [2.24, 2.45) is 0 Å². The van der Waals surface area contributed by atoms with Crippen LogP contribution in [0.2, 0.25) is 0 Å². The van der Waals surface area contributed by atoms with Crippen molar-refractivity contribution in [1.29, 1.82) is 5.26 Å². The lowest BCUT2D eigenvalue weighted by molar-refractivity contribution is 1.28. The van der Waals surface area contributed by atoms with Crippen molar-refractivity contribution in [2.75, 3.05) is 0 Å². The summed E-state index contributed by atoms with van der Waals surface area (Å²) in [6.45, 7) is 2.05. The largest absolute Gasteiger partial charge is 0.361 e. The fourth-order valence-corrected chi connectivity index (χ4v) is 1.88. The second kappa shape index (κ2) is 3.47. The van der Waals surface area contributed by atoms with E-state index in [-0.39, 0.29) is 0 Å². The standard InChI is InChI=1S/C11H9BrN2/c1-7-4-11-9(5-10(7)12)8(2-3-13)6-14-11/h4-6,14H,2H2,1H3. The van der Waals surface area contributed by atoms with Crippen molar-refractivity contribution in [3.63, 3.8) is 0 Å². The Bertz CT molecular complexity index is 520. The smallest absolute Gasteiger partial charge is 0.0670 e. The van der Waals surface area contributed by atoms with Gasteiger partial charge in [0.25, 0.3) is 0 Å². The molecule has 0 radical (unpaired) electrons. The Morgan fingerprint density at radius 3 is 3.00 bits per heavy atom. The lowest BCUT2D eigenvalue weighted by atomic mass is 10.1. The third-order valence-electron chi connectivity index (χ3n) is 2.32. The van der Waals surface area contributed by atoms with Crippen LogP contribution in [0.3, 0.4) is 0 Å². The van der Waals surface area contributed by atoms with Gasteiger partial charge in [-0.2, -0.15) is 5.26 Å². The quantitative estimate of drug-likeness (QED) is 0.827. The van der Waals surface area contributed by atoms with Crippen LogP contribution in [0.4, 0.5) is 0 Å². The van der Waals surface area contributed by atoms with Gasteiger partial charge < -0.3 is 4.98 Å². The highest BCUT2D eigenvalue weighted by Crippen LogP contribution is 2.26. The Balaban J connectivity index is 2.69. The molecular formula is C11H9BrN2. The molecule has 0 aliphatic carbocycles. The van der Waals surface area contributed by atoms with Crippen molar-refractivity contribution in [1.82, 2.24) is 4.98 Å². The van der Waals surface area contributed by atoms with Crippen LogP contribution in [0.15, 0.2) is 22.8 Å². The molecule has 1 aromatic carbocycles. The van der Waals surface area contributed by atoms with Gasteiger partial charge in [-0.1, -0.05) is 15.9 Å². The molecule has 70 valence electrons. The van der Waals surface area contributed by atoms with E-state index in [1.165, 1.54) is 5.56 Å². The van der Waals surface area contributed by atoms with E-state index in [1.54, 1.807) is 0 Å². The maximum atomic E-state index is 8.65. The molecule has 2 aromatic rings. The first-order valence-electron chi connectivity index (χ1n) is 4.35. The number of aromatic amines is 1. The molecule has 3 heteroatoms. The van der Waals surface area contributed by atoms with Crippen molar-refractivity contribution in [3.8, 4) is 6.07 Å². The summed E-state index contributed by atoms with van der Waals surface area (Å²) >= 11 is 3.49. The lowest BCUT2D eigenvalue weighted by Gasteiger charge is -1.98. The normalized spacial score (nSPS) is 10.4. The number of nitriles is 1. The molecule has 1 heterocycles. The topological polar surface area (TPSA) is 39.6 Å². The number of rotatable bonds is 1. The van der Waals surface area contributed by atoms with E-state index in [4.69, 9.17) is 5.26 Å². The van der Waals surface area contributed by atoms with Gasteiger partial charge in [0.2, 0.25) is 0 Å². The van der Waals surface area contributed by atoms with Crippen LogP contribution in [0.25, 0.3) is 10.9 Å². The average Bonchev–Trinajstić information content (AvgIpc) is 2.51. The van der Waals surface area contributed by atoms with Crippen LogP contribution in [0.1, 0.15) is 11.1 Å². The molecule has 0 saturated carbocycles. The van der Waals surface area contributed by atoms with E-state index in [0.29, 0.717) is 6.42 Å². The van der Waals surface area contributed by atoms with Crippen LogP contribution < -0.4 is 0 Å². The van der Waals surface area contributed by atoms with Crippen molar-refractivity contribution in [2.45, 2.75) is 13.3 Å². The van der Waals surface area contributed by atoms with Gasteiger partial charge in [0.15, 0.2) is 0 Å². The predicted molar refractivity (Wildman–Crippen MR) is 60.1 cm³/mol. The second-order valence-corrected chi connectivity index (χ2v) is 4.15. The number of hydrogen-bond acceptors (Lipinski definition) is 1. The first kappa shape index (κ1) is 9.29. The van der Waals surface area contributed by atoms with E-state index in [2.05, 4.69) is 39.1 Å². The molecule has 2 nitrogen and oxygen atoms in total. The van der Waals surface area contributed by atoms with Crippen LogP contribution >= 0.6 is 15.9 Å². The summed E-state index contributed by atoms with van der Waals surface area (Å²) in [6.07, 6.45) is 2.36. The number of aromatic nitrogens is 1. The van der Waals surface area contributed by atoms with E-state index in [1.807, 2.05) is 13.1 Å². The molecule has 0 aliphatic rings. The Hall–Kier alpha value is -1.27. The maximum Gasteiger partial charge on any atom is 0.0670 e. The molecule has 1 aromatic heterocycles. The molecule has 0 aliphatic heterocycles. The first-order chi connectivity index (χ1) is 6.72. The lowest BCUT2D eigenvalue weighted by Crippen LogP contribution is -1.79. The third-order valence-corrected chi connectivity index (χ3v) is 3.17. The minimum Gasteiger partial charge on any atom is -0.361 e. The fourth-order valence-electron chi connectivity index (χ4n) is 1.54. The minimum absolute atomic E-state index is 0.454. The number of nitrogens with one attached hydrogen (secondary N) is 1. The molecule has 1 N–H and O–H groups in total. The maximum absolute atomic E-state index is 8.65. The summed E-state index contributed by atoms with van der Waals surface area (Å²) in [4.78, 5) is 3.17. The summed E-state index contributed by atoms with van der Waals surface area (Å²) in [5, 5.41) is 9.77. The van der Waals surface area contributed by atoms with Crippen molar-refractivity contribution >= 4 is 26.8 Å². The van der Waals surface area contributed by atoms with Crippen LogP contribution in [0.5, 0.6) is 0 Å². The SMILES string of the molecule is Cc1cc2[nH]cc(CC#N)c2cc1Br. The van der Waals surface area contributed by atoms with E-state index in [9.17, 15) is 0 Å². The molecule has 0 fully saturated rings. The van der Waals surface area contributed by atoms with Crippen LogP contribution in [0, 0.1) is 18.3 Å². The van der Waals surface area contributed by atoms with Gasteiger partial charge in [0.1, 0.15) is 0 Å². The highest BCUT2D eigenvalue weighted by molar-refractivity contribution is 9.10. The summed E-state index contributed by atoms with van der Waals surface area (Å²) in [7, 11) is 0. The van der Waals surface area contributed by atoms with Gasteiger partial charge in [-0.3, -0.25) is 0 Å².